The van der Waals surface area contributed by atoms with E-state index in [0.717, 1.165) is 17.7 Å². The molecule has 7 nitrogen and oxygen atoms in total. The lowest BCUT2D eigenvalue weighted by Crippen LogP contribution is -2.23. The van der Waals surface area contributed by atoms with Gasteiger partial charge in [0.2, 0.25) is 11.8 Å². The summed E-state index contributed by atoms with van der Waals surface area (Å²) in [6.07, 6.45) is 3.74. The van der Waals surface area contributed by atoms with Gasteiger partial charge in [-0.05, 0) is 43.4 Å². The Balaban J connectivity index is 1.39. The van der Waals surface area contributed by atoms with Gasteiger partial charge in [-0.25, -0.2) is 4.39 Å². The molecule has 2 aliphatic heterocycles. The number of hydrogen-bond acceptors (Lipinski definition) is 4. The first-order chi connectivity index (χ1) is 14.9. The highest BCUT2D eigenvalue weighted by Crippen LogP contribution is 2.27. The molecule has 1 aromatic carbocycles. The second-order valence-corrected chi connectivity index (χ2v) is 8.40. The minimum Gasteiger partial charge on any atom is -0.381 e. The molecular weight excluding hydrogens is 423 g/mol. The standard InChI is InChI=1S/C22H24ClFN4O3/c1-13-11-28-17(10-20(27-28)26-22(30)15-6-7-31-12-15)4-2-14(13)8-21(29)25-16-3-5-19(24)18(23)9-16/h3,5,8-10,13,15H,2,4,6-7,11-12H2,1H3,(H,25,29)(H,26,27,30). The molecule has 0 spiro atoms. The second-order valence-electron chi connectivity index (χ2n) is 7.99. The van der Waals surface area contributed by atoms with Crippen molar-refractivity contribution >= 4 is 34.9 Å². The third-order valence-corrected chi connectivity index (χ3v) is 5.96. The number of ether oxygens (including phenoxy) is 1. The molecule has 2 unspecified atom stereocenters. The fourth-order valence-electron chi connectivity index (χ4n) is 3.88. The van der Waals surface area contributed by atoms with Crippen LogP contribution in [-0.2, 0) is 27.3 Å². The molecular formula is C22H24ClFN4O3. The van der Waals surface area contributed by atoms with Crippen LogP contribution < -0.4 is 10.6 Å². The number of hydrogen-bond donors (Lipinski definition) is 2. The number of carbonyl (C=O) groups excluding carboxylic acids is 2. The number of amides is 2. The lowest BCUT2D eigenvalue weighted by atomic mass is 9.97. The molecule has 2 aromatic rings. The van der Waals surface area contributed by atoms with Crippen LogP contribution in [-0.4, -0.2) is 34.8 Å². The van der Waals surface area contributed by atoms with Gasteiger partial charge in [0.15, 0.2) is 5.82 Å². The molecule has 0 saturated carbocycles. The molecule has 2 aliphatic rings. The maximum Gasteiger partial charge on any atom is 0.248 e. The number of nitrogens with one attached hydrogen (secondary N) is 2. The predicted molar refractivity (Wildman–Crippen MR) is 115 cm³/mol. The topological polar surface area (TPSA) is 85.2 Å². The Kier molecular flexibility index (Phi) is 6.38. The molecule has 2 N–H and O–H groups in total. The Bertz CT molecular complexity index is 1030. The SMILES string of the molecule is CC1Cn2nc(NC(=O)C3CCOC3)cc2CCC1=CC(=O)Nc1ccc(F)c(Cl)c1. The number of rotatable bonds is 4. The third kappa shape index (κ3) is 5.14. The van der Waals surface area contributed by atoms with E-state index in [4.69, 9.17) is 16.3 Å². The quantitative estimate of drug-likeness (QED) is 0.699. The van der Waals surface area contributed by atoms with Crippen molar-refractivity contribution < 1.29 is 18.7 Å². The van der Waals surface area contributed by atoms with E-state index in [9.17, 15) is 14.0 Å². The van der Waals surface area contributed by atoms with Gasteiger partial charge in [-0.3, -0.25) is 14.3 Å². The maximum absolute atomic E-state index is 13.3. The summed E-state index contributed by atoms with van der Waals surface area (Å²) >= 11 is 5.77. The average Bonchev–Trinajstić information content (AvgIpc) is 3.36. The summed E-state index contributed by atoms with van der Waals surface area (Å²) in [6, 6.07) is 5.96. The van der Waals surface area contributed by atoms with Crippen molar-refractivity contribution in [1.82, 2.24) is 9.78 Å². The predicted octanol–water partition coefficient (Wildman–Crippen LogP) is 3.80. The van der Waals surface area contributed by atoms with Crippen molar-refractivity contribution in [2.75, 3.05) is 23.8 Å². The number of halogens is 2. The van der Waals surface area contributed by atoms with E-state index >= 15 is 0 Å². The van der Waals surface area contributed by atoms with Crippen LogP contribution in [0.5, 0.6) is 0 Å². The summed E-state index contributed by atoms with van der Waals surface area (Å²) in [4.78, 5) is 24.7. The number of aryl methyl sites for hydroxylation is 1. The molecule has 2 atom stereocenters. The van der Waals surface area contributed by atoms with Crippen LogP contribution in [0.3, 0.4) is 0 Å². The van der Waals surface area contributed by atoms with Gasteiger partial charge < -0.3 is 15.4 Å². The highest BCUT2D eigenvalue weighted by Gasteiger charge is 2.25. The first kappa shape index (κ1) is 21.5. The smallest absolute Gasteiger partial charge is 0.248 e. The van der Waals surface area contributed by atoms with E-state index in [2.05, 4.69) is 15.7 Å². The lowest BCUT2D eigenvalue weighted by Gasteiger charge is -2.13. The Labute approximate surface area is 184 Å². The first-order valence-corrected chi connectivity index (χ1v) is 10.7. The van der Waals surface area contributed by atoms with E-state index in [1.165, 1.54) is 18.2 Å². The fourth-order valence-corrected chi connectivity index (χ4v) is 4.06. The van der Waals surface area contributed by atoms with Gasteiger partial charge in [0, 0.05) is 36.7 Å². The number of nitrogens with zero attached hydrogens (tertiary/aromatic N) is 2. The number of fused-ring (bicyclic) bond motifs is 1. The Morgan fingerprint density at radius 3 is 2.87 bits per heavy atom. The van der Waals surface area contributed by atoms with Crippen molar-refractivity contribution in [3.63, 3.8) is 0 Å². The number of anilines is 2. The zero-order valence-corrected chi connectivity index (χ0v) is 17.9. The molecule has 2 amide bonds. The summed E-state index contributed by atoms with van der Waals surface area (Å²) in [5.41, 5.74) is 2.46. The summed E-state index contributed by atoms with van der Waals surface area (Å²) in [6.45, 7) is 3.72. The largest absolute Gasteiger partial charge is 0.381 e. The summed E-state index contributed by atoms with van der Waals surface area (Å²) < 4.78 is 20.5. The molecule has 0 bridgehead atoms. The summed E-state index contributed by atoms with van der Waals surface area (Å²) in [5.74, 6) is -0.345. The van der Waals surface area contributed by atoms with Crippen molar-refractivity contribution in [3.8, 4) is 0 Å². The second kappa shape index (κ2) is 9.20. The molecule has 164 valence electrons. The van der Waals surface area contributed by atoms with E-state index in [-0.39, 0.29) is 28.7 Å². The minimum atomic E-state index is -0.531. The molecule has 1 saturated heterocycles. The van der Waals surface area contributed by atoms with Crippen LogP contribution in [0.1, 0.15) is 25.5 Å². The van der Waals surface area contributed by atoms with Crippen LogP contribution in [0, 0.1) is 17.7 Å². The van der Waals surface area contributed by atoms with E-state index < -0.39 is 5.82 Å². The van der Waals surface area contributed by atoms with Crippen molar-refractivity contribution in [2.45, 2.75) is 32.7 Å². The van der Waals surface area contributed by atoms with Gasteiger partial charge in [0.05, 0.1) is 17.5 Å². The van der Waals surface area contributed by atoms with Gasteiger partial charge in [0.1, 0.15) is 5.82 Å². The zero-order chi connectivity index (χ0) is 22.0. The van der Waals surface area contributed by atoms with Crippen LogP contribution in [0.4, 0.5) is 15.9 Å². The van der Waals surface area contributed by atoms with Gasteiger partial charge >= 0.3 is 0 Å². The van der Waals surface area contributed by atoms with Gasteiger partial charge in [0.25, 0.3) is 0 Å². The minimum absolute atomic E-state index is 0.0398. The Morgan fingerprint density at radius 2 is 2.13 bits per heavy atom. The third-order valence-electron chi connectivity index (χ3n) is 5.67. The summed E-state index contributed by atoms with van der Waals surface area (Å²) in [7, 11) is 0. The molecule has 1 aromatic heterocycles. The molecule has 1 fully saturated rings. The zero-order valence-electron chi connectivity index (χ0n) is 17.2. The fraction of sp³-hybridized carbons (Fsp3) is 0.409. The van der Waals surface area contributed by atoms with Crippen molar-refractivity contribution in [2.24, 2.45) is 11.8 Å². The highest BCUT2D eigenvalue weighted by molar-refractivity contribution is 6.31. The Hall–Kier alpha value is -2.71. The average molecular weight is 447 g/mol. The Morgan fingerprint density at radius 1 is 1.29 bits per heavy atom. The first-order valence-electron chi connectivity index (χ1n) is 10.3. The van der Waals surface area contributed by atoms with Crippen molar-refractivity contribution in [3.05, 3.63) is 52.4 Å². The number of aromatic nitrogens is 2. The number of allylic oxidation sites excluding steroid dienone is 1. The van der Waals surface area contributed by atoms with E-state index in [1.807, 2.05) is 17.7 Å². The summed E-state index contributed by atoms with van der Waals surface area (Å²) in [5, 5.41) is 10.1. The van der Waals surface area contributed by atoms with Crippen molar-refractivity contribution in [1.29, 1.82) is 0 Å². The molecule has 4 rings (SSSR count). The van der Waals surface area contributed by atoms with Gasteiger partial charge in [-0.1, -0.05) is 24.1 Å². The number of carbonyl (C=O) groups is 2. The molecule has 31 heavy (non-hydrogen) atoms. The van der Waals surface area contributed by atoms with Crippen LogP contribution >= 0.6 is 11.6 Å². The van der Waals surface area contributed by atoms with Crippen LogP contribution in [0.2, 0.25) is 5.02 Å². The molecule has 9 heteroatoms. The molecule has 0 radical (unpaired) electrons. The van der Waals surface area contributed by atoms with Crippen LogP contribution in [0.25, 0.3) is 0 Å². The van der Waals surface area contributed by atoms with Gasteiger partial charge in [-0.2, -0.15) is 5.10 Å². The van der Waals surface area contributed by atoms with Gasteiger partial charge in [-0.15, -0.1) is 0 Å². The lowest BCUT2D eigenvalue weighted by molar-refractivity contribution is -0.119. The highest BCUT2D eigenvalue weighted by atomic mass is 35.5. The van der Waals surface area contributed by atoms with Crippen LogP contribution in [0.15, 0.2) is 35.9 Å². The maximum atomic E-state index is 13.3. The molecule has 0 aliphatic carbocycles. The van der Waals surface area contributed by atoms with E-state index in [0.29, 0.717) is 44.1 Å². The molecule has 3 heterocycles. The monoisotopic (exact) mass is 446 g/mol. The number of benzene rings is 1. The normalized spacial score (nSPS) is 22.1. The van der Waals surface area contributed by atoms with E-state index in [1.54, 1.807) is 6.08 Å².